The normalized spacial score (nSPS) is 10.3. The van der Waals surface area contributed by atoms with Gasteiger partial charge in [-0.15, -0.1) is 0 Å². The molecular weight excluding hydrogens is 370 g/mol. The van der Waals surface area contributed by atoms with Crippen LogP contribution in [-0.2, 0) is 16.1 Å². The van der Waals surface area contributed by atoms with E-state index in [1.54, 1.807) is 18.2 Å². The molecule has 0 fully saturated rings. The summed E-state index contributed by atoms with van der Waals surface area (Å²) in [5, 5.41) is 2.21. The van der Waals surface area contributed by atoms with E-state index < -0.39 is 23.2 Å². The third kappa shape index (κ3) is 5.42. The second-order valence-electron chi connectivity index (χ2n) is 6.02. The van der Waals surface area contributed by atoms with Crippen molar-refractivity contribution in [3.05, 3.63) is 53.6 Å². The Balaban J connectivity index is 2.01. The highest BCUT2D eigenvalue weighted by Crippen LogP contribution is 2.28. The minimum atomic E-state index is -0.859. The molecule has 2 aromatic rings. The van der Waals surface area contributed by atoms with E-state index in [2.05, 4.69) is 5.32 Å². The molecule has 0 aliphatic heterocycles. The molecule has 28 heavy (non-hydrogen) atoms. The van der Waals surface area contributed by atoms with Crippen LogP contribution < -0.4 is 14.8 Å². The first kappa shape index (κ1) is 21.1. The Morgan fingerprint density at radius 2 is 1.68 bits per heavy atom. The van der Waals surface area contributed by atoms with Gasteiger partial charge in [0.2, 0.25) is 11.8 Å². The molecular formula is C20H22F2N2O4. The second-order valence-corrected chi connectivity index (χ2v) is 6.02. The zero-order chi connectivity index (χ0) is 20.7. The quantitative estimate of drug-likeness (QED) is 0.748. The van der Waals surface area contributed by atoms with Crippen molar-refractivity contribution in [2.75, 3.05) is 26.1 Å². The highest BCUT2D eigenvalue weighted by molar-refractivity contribution is 5.91. The van der Waals surface area contributed by atoms with E-state index in [1.807, 2.05) is 0 Å². The molecule has 0 radical (unpaired) electrons. The minimum Gasteiger partial charge on any atom is -0.493 e. The smallest absolute Gasteiger partial charge is 0.226 e. The summed E-state index contributed by atoms with van der Waals surface area (Å²) in [4.78, 5) is 25.4. The molecule has 6 nitrogen and oxygen atoms in total. The number of hydrogen-bond acceptors (Lipinski definition) is 4. The molecule has 0 aromatic heterocycles. The summed E-state index contributed by atoms with van der Waals surface area (Å²) in [7, 11) is 3.03. The number of methoxy groups -OCH3 is 2. The molecule has 150 valence electrons. The molecule has 8 heteroatoms. The average molecular weight is 392 g/mol. The molecule has 1 N–H and O–H groups in total. The van der Waals surface area contributed by atoms with Gasteiger partial charge < -0.3 is 19.7 Å². The predicted molar refractivity (Wildman–Crippen MR) is 100 cm³/mol. The summed E-state index contributed by atoms with van der Waals surface area (Å²) in [6.07, 6.45) is -0.110. The van der Waals surface area contributed by atoms with Crippen molar-refractivity contribution >= 4 is 17.5 Å². The summed E-state index contributed by atoms with van der Waals surface area (Å²) < 4.78 is 37.7. The number of anilines is 1. The van der Waals surface area contributed by atoms with Crippen LogP contribution in [-0.4, -0.2) is 37.5 Å². The third-order valence-electron chi connectivity index (χ3n) is 4.10. The molecule has 0 heterocycles. The van der Waals surface area contributed by atoms with Crippen LogP contribution in [0, 0.1) is 11.6 Å². The van der Waals surface area contributed by atoms with Crippen LogP contribution in [0.15, 0.2) is 36.4 Å². The van der Waals surface area contributed by atoms with Crippen LogP contribution in [0.3, 0.4) is 0 Å². The molecule has 2 amide bonds. The molecule has 0 saturated carbocycles. The highest BCUT2D eigenvalue weighted by Gasteiger charge is 2.16. The lowest BCUT2D eigenvalue weighted by Crippen LogP contribution is -2.31. The number of benzene rings is 2. The van der Waals surface area contributed by atoms with Crippen molar-refractivity contribution in [2.24, 2.45) is 0 Å². The van der Waals surface area contributed by atoms with E-state index in [0.29, 0.717) is 11.5 Å². The zero-order valence-corrected chi connectivity index (χ0v) is 15.9. The van der Waals surface area contributed by atoms with Gasteiger partial charge in [-0.05, 0) is 29.8 Å². The van der Waals surface area contributed by atoms with Crippen molar-refractivity contribution in [2.45, 2.75) is 19.9 Å². The summed E-state index contributed by atoms with van der Waals surface area (Å²) in [6.45, 7) is 1.72. The first-order valence-electron chi connectivity index (χ1n) is 8.56. The Hall–Kier alpha value is -3.16. The monoisotopic (exact) mass is 392 g/mol. The number of hydrogen-bond donors (Lipinski definition) is 1. The number of nitrogens with one attached hydrogen (secondary N) is 1. The summed E-state index contributed by atoms with van der Waals surface area (Å²) in [6, 6.07) is 8.56. The standard InChI is InChI=1S/C20H22F2N2O4/c1-13(25)24(12-14-7-8-17(27-2)18(11-14)28-3)10-9-19(26)23-20-15(21)5-4-6-16(20)22/h4-8,11H,9-10,12H2,1-3H3,(H,23,26). The maximum Gasteiger partial charge on any atom is 0.226 e. The van der Waals surface area contributed by atoms with Gasteiger partial charge in [0, 0.05) is 26.4 Å². The Bertz CT molecular complexity index is 838. The van der Waals surface area contributed by atoms with E-state index in [9.17, 15) is 18.4 Å². The van der Waals surface area contributed by atoms with Gasteiger partial charge in [-0.3, -0.25) is 9.59 Å². The topological polar surface area (TPSA) is 67.9 Å². The van der Waals surface area contributed by atoms with Gasteiger partial charge in [0.15, 0.2) is 11.5 Å². The van der Waals surface area contributed by atoms with Gasteiger partial charge in [0.25, 0.3) is 0 Å². The number of carbonyl (C=O) groups excluding carboxylic acids is 2. The van der Waals surface area contributed by atoms with E-state index in [1.165, 1.54) is 32.1 Å². The number of carbonyl (C=O) groups is 2. The molecule has 0 unspecified atom stereocenters. The number of halogens is 2. The SMILES string of the molecule is COc1ccc(CN(CCC(=O)Nc2c(F)cccc2F)C(C)=O)cc1OC. The number of ether oxygens (including phenoxy) is 2. The van der Waals surface area contributed by atoms with Gasteiger partial charge in [-0.2, -0.15) is 0 Å². The fourth-order valence-electron chi connectivity index (χ4n) is 2.60. The lowest BCUT2D eigenvalue weighted by Gasteiger charge is -2.21. The van der Waals surface area contributed by atoms with Crippen molar-refractivity contribution in [3.63, 3.8) is 0 Å². The predicted octanol–water partition coefficient (Wildman–Crippen LogP) is 3.36. The van der Waals surface area contributed by atoms with Crippen LogP contribution in [0.2, 0.25) is 0 Å². The summed E-state index contributed by atoms with van der Waals surface area (Å²) in [5.41, 5.74) is 0.287. The van der Waals surface area contributed by atoms with Crippen LogP contribution in [0.25, 0.3) is 0 Å². The van der Waals surface area contributed by atoms with Crippen molar-refractivity contribution in [1.29, 1.82) is 0 Å². The molecule has 2 rings (SSSR count). The largest absolute Gasteiger partial charge is 0.493 e. The van der Waals surface area contributed by atoms with Crippen molar-refractivity contribution < 1.29 is 27.8 Å². The average Bonchev–Trinajstić information content (AvgIpc) is 2.67. The van der Waals surface area contributed by atoms with Crippen LogP contribution >= 0.6 is 0 Å². The van der Waals surface area contributed by atoms with Crippen LogP contribution in [0.5, 0.6) is 11.5 Å². The van der Waals surface area contributed by atoms with E-state index >= 15 is 0 Å². The first-order chi connectivity index (χ1) is 13.3. The van der Waals surface area contributed by atoms with Crippen LogP contribution in [0.4, 0.5) is 14.5 Å². The number of amides is 2. The lowest BCUT2D eigenvalue weighted by atomic mass is 10.1. The molecule has 0 aliphatic carbocycles. The third-order valence-corrected chi connectivity index (χ3v) is 4.10. The summed E-state index contributed by atoms with van der Waals surface area (Å²) >= 11 is 0. The maximum atomic E-state index is 13.6. The van der Waals surface area contributed by atoms with Gasteiger partial charge in [0.1, 0.15) is 17.3 Å². The fourth-order valence-corrected chi connectivity index (χ4v) is 2.60. The maximum absolute atomic E-state index is 13.6. The number of nitrogens with zero attached hydrogens (tertiary/aromatic N) is 1. The second kappa shape index (κ2) is 9.68. The van der Waals surface area contributed by atoms with E-state index in [-0.39, 0.29) is 25.4 Å². The molecule has 2 aromatic carbocycles. The summed E-state index contributed by atoms with van der Waals surface area (Å²) in [5.74, 6) is -1.46. The Morgan fingerprint density at radius 3 is 2.25 bits per heavy atom. The Labute approximate surface area is 162 Å². The van der Waals surface area contributed by atoms with E-state index in [4.69, 9.17) is 9.47 Å². The fraction of sp³-hybridized carbons (Fsp3) is 0.300. The lowest BCUT2D eigenvalue weighted by molar-refractivity contribution is -0.129. The molecule has 0 saturated heterocycles. The minimum absolute atomic E-state index is 0.0889. The zero-order valence-electron chi connectivity index (χ0n) is 15.9. The van der Waals surface area contributed by atoms with Crippen molar-refractivity contribution in [1.82, 2.24) is 4.90 Å². The van der Waals surface area contributed by atoms with Gasteiger partial charge in [-0.25, -0.2) is 8.78 Å². The van der Waals surface area contributed by atoms with Gasteiger partial charge in [-0.1, -0.05) is 12.1 Å². The first-order valence-corrected chi connectivity index (χ1v) is 8.56. The highest BCUT2D eigenvalue weighted by atomic mass is 19.1. The van der Waals surface area contributed by atoms with E-state index in [0.717, 1.165) is 17.7 Å². The van der Waals surface area contributed by atoms with Gasteiger partial charge >= 0.3 is 0 Å². The molecule has 0 atom stereocenters. The number of para-hydroxylation sites is 1. The van der Waals surface area contributed by atoms with Crippen molar-refractivity contribution in [3.8, 4) is 11.5 Å². The van der Waals surface area contributed by atoms with Gasteiger partial charge in [0.05, 0.1) is 14.2 Å². The molecule has 0 aliphatic rings. The number of rotatable bonds is 8. The Morgan fingerprint density at radius 1 is 1.04 bits per heavy atom. The van der Waals surface area contributed by atoms with Crippen LogP contribution in [0.1, 0.15) is 18.9 Å². The molecule has 0 spiro atoms. The Kier molecular flexibility index (Phi) is 7.31. The molecule has 0 bridgehead atoms.